The van der Waals surface area contributed by atoms with Gasteiger partial charge in [-0.25, -0.2) is 13.8 Å². The molecule has 218 valence electrons. The highest BCUT2D eigenvalue weighted by atomic mass is 19.3. The Morgan fingerprint density at radius 3 is 2.60 bits per heavy atom. The summed E-state index contributed by atoms with van der Waals surface area (Å²) in [5.74, 6) is 1.69. The number of methoxy groups -OCH3 is 1. The lowest BCUT2D eigenvalue weighted by Crippen LogP contribution is -2.44. The molecule has 2 atom stereocenters. The number of nitrogens with one attached hydrogen (secondary N) is 1. The van der Waals surface area contributed by atoms with E-state index in [0.29, 0.717) is 66.4 Å². The molecule has 1 saturated carbocycles. The summed E-state index contributed by atoms with van der Waals surface area (Å²) in [5.41, 5.74) is 1.10. The Labute approximate surface area is 234 Å². The van der Waals surface area contributed by atoms with Crippen molar-refractivity contribution in [3.63, 3.8) is 0 Å². The Kier molecular flexibility index (Phi) is 9.12. The second-order valence-electron chi connectivity index (χ2n) is 11.1. The largest absolute Gasteiger partial charge is 0.383 e. The smallest absolute Gasteiger partial charge is 0.296 e. The van der Waals surface area contributed by atoms with Crippen LogP contribution in [-0.4, -0.2) is 89.6 Å². The van der Waals surface area contributed by atoms with Crippen LogP contribution in [0.3, 0.4) is 0 Å². The molecule has 3 aromatic rings. The molecule has 11 heteroatoms. The molecule has 1 saturated heterocycles. The van der Waals surface area contributed by atoms with E-state index >= 15 is 0 Å². The van der Waals surface area contributed by atoms with E-state index in [4.69, 9.17) is 19.4 Å². The zero-order valence-electron chi connectivity index (χ0n) is 23.9. The molecule has 9 nitrogen and oxygen atoms in total. The SMILES string of the molecule is COCC(C)N(C)C1CCC(CNc2nc(N3CCOC[C@H]3C)cc(-n3c(C(F)F)nc4ccccc43)n2)CC1. The van der Waals surface area contributed by atoms with Crippen molar-refractivity contribution in [3.8, 4) is 5.82 Å². The highest BCUT2D eigenvalue weighted by Gasteiger charge is 2.28. The molecule has 1 N–H and O–H groups in total. The average Bonchev–Trinajstić information content (AvgIpc) is 3.36. The fourth-order valence-corrected chi connectivity index (χ4v) is 5.97. The van der Waals surface area contributed by atoms with E-state index in [0.717, 1.165) is 38.8 Å². The van der Waals surface area contributed by atoms with Gasteiger partial charge in [0.2, 0.25) is 5.95 Å². The number of benzene rings is 1. The van der Waals surface area contributed by atoms with E-state index in [1.165, 1.54) is 4.57 Å². The molecule has 1 aliphatic heterocycles. The van der Waals surface area contributed by atoms with Gasteiger partial charge < -0.3 is 19.7 Å². The summed E-state index contributed by atoms with van der Waals surface area (Å²) < 4.78 is 40.8. The number of halogens is 2. The average molecular weight is 558 g/mol. The minimum atomic E-state index is -2.75. The van der Waals surface area contributed by atoms with Gasteiger partial charge in [0.15, 0.2) is 5.82 Å². The second-order valence-corrected chi connectivity index (χ2v) is 11.1. The standard InChI is InChI=1S/C29H41F2N7O2/c1-19(17-39-4)36(3)22-11-9-21(10-12-22)16-32-29-34-25(37-13-14-40-18-20(37)2)15-26(35-29)38-24-8-6-5-7-23(24)33-28(38)27(30)31/h5-8,15,19-22,27H,9-14,16-18H2,1-4H3,(H,32,34,35)/t19?,20-,21?,22?/m1/s1. The van der Waals surface area contributed by atoms with Crippen LogP contribution in [0.25, 0.3) is 16.9 Å². The first kappa shape index (κ1) is 28.6. The maximum atomic E-state index is 14.2. The number of hydrogen-bond donors (Lipinski definition) is 1. The van der Waals surface area contributed by atoms with Crippen LogP contribution in [0.4, 0.5) is 20.5 Å². The van der Waals surface area contributed by atoms with Crippen molar-refractivity contribution in [3.05, 3.63) is 36.2 Å². The maximum Gasteiger partial charge on any atom is 0.296 e. The van der Waals surface area contributed by atoms with E-state index in [2.05, 4.69) is 41.0 Å². The number of anilines is 2. The predicted molar refractivity (Wildman–Crippen MR) is 153 cm³/mol. The Bertz CT molecular complexity index is 1260. The molecule has 0 bridgehead atoms. The number of ether oxygens (including phenoxy) is 2. The minimum absolute atomic E-state index is 0.103. The van der Waals surface area contributed by atoms with Gasteiger partial charge in [-0.2, -0.15) is 9.97 Å². The van der Waals surface area contributed by atoms with Crippen LogP contribution in [0.15, 0.2) is 30.3 Å². The Morgan fingerprint density at radius 1 is 1.12 bits per heavy atom. The Balaban J connectivity index is 1.39. The van der Waals surface area contributed by atoms with E-state index < -0.39 is 6.43 Å². The number of imidazole rings is 1. The van der Waals surface area contributed by atoms with Gasteiger partial charge in [-0.15, -0.1) is 0 Å². The number of fused-ring (bicyclic) bond motifs is 1. The molecule has 2 aliphatic rings. The summed E-state index contributed by atoms with van der Waals surface area (Å²) in [6.45, 7) is 7.59. The van der Waals surface area contributed by atoms with Crippen LogP contribution in [0, 0.1) is 5.92 Å². The second kappa shape index (κ2) is 12.7. The predicted octanol–water partition coefficient (Wildman–Crippen LogP) is 4.92. The molecule has 2 aromatic heterocycles. The number of aromatic nitrogens is 4. The third-order valence-corrected chi connectivity index (χ3v) is 8.42. The molecule has 1 aromatic carbocycles. The number of para-hydroxylation sites is 2. The van der Waals surface area contributed by atoms with E-state index in [1.807, 2.05) is 6.07 Å². The molecule has 1 unspecified atom stereocenters. The van der Waals surface area contributed by atoms with Crippen LogP contribution in [-0.2, 0) is 9.47 Å². The van der Waals surface area contributed by atoms with Gasteiger partial charge in [-0.1, -0.05) is 12.1 Å². The van der Waals surface area contributed by atoms with E-state index in [1.54, 1.807) is 31.4 Å². The molecule has 40 heavy (non-hydrogen) atoms. The van der Waals surface area contributed by atoms with Gasteiger partial charge in [0.25, 0.3) is 6.43 Å². The lowest BCUT2D eigenvalue weighted by molar-refractivity contribution is 0.0696. The van der Waals surface area contributed by atoms with Gasteiger partial charge in [-0.3, -0.25) is 9.47 Å². The zero-order valence-corrected chi connectivity index (χ0v) is 23.9. The first-order valence-electron chi connectivity index (χ1n) is 14.3. The van der Waals surface area contributed by atoms with Crippen LogP contribution < -0.4 is 10.2 Å². The number of nitrogens with zero attached hydrogens (tertiary/aromatic N) is 6. The van der Waals surface area contributed by atoms with Gasteiger partial charge >= 0.3 is 0 Å². The van der Waals surface area contributed by atoms with Crippen molar-refractivity contribution in [2.24, 2.45) is 5.92 Å². The van der Waals surface area contributed by atoms with Crippen molar-refractivity contribution in [1.82, 2.24) is 24.4 Å². The molecular formula is C29H41F2N7O2. The maximum absolute atomic E-state index is 14.2. The van der Waals surface area contributed by atoms with E-state index in [9.17, 15) is 8.78 Å². The lowest BCUT2D eigenvalue weighted by Gasteiger charge is -2.37. The molecule has 3 heterocycles. The summed E-state index contributed by atoms with van der Waals surface area (Å²) >= 11 is 0. The van der Waals surface area contributed by atoms with Crippen molar-refractivity contribution in [2.75, 3.05) is 57.3 Å². The monoisotopic (exact) mass is 557 g/mol. The number of rotatable bonds is 10. The van der Waals surface area contributed by atoms with E-state index in [-0.39, 0.29) is 11.9 Å². The van der Waals surface area contributed by atoms with Crippen LogP contribution >= 0.6 is 0 Å². The number of hydrogen-bond acceptors (Lipinski definition) is 8. The third-order valence-electron chi connectivity index (χ3n) is 8.42. The van der Waals surface area contributed by atoms with Crippen LogP contribution in [0.5, 0.6) is 0 Å². The van der Waals surface area contributed by atoms with Gasteiger partial charge in [-0.05, 0) is 64.6 Å². The summed E-state index contributed by atoms with van der Waals surface area (Å²) in [4.78, 5) is 18.4. The Morgan fingerprint density at radius 2 is 1.88 bits per heavy atom. The quantitative estimate of drug-likeness (QED) is 0.377. The van der Waals surface area contributed by atoms with Gasteiger partial charge in [0.05, 0.1) is 36.9 Å². The Hall–Kier alpha value is -2.89. The van der Waals surface area contributed by atoms with Gasteiger partial charge in [0, 0.05) is 38.3 Å². The minimum Gasteiger partial charge on any atom is -0.383 e. The summed E-state index contributed by atoms with van der Waals surface area (Å²) in [6, 6.07) is 9.99. The molecule has 0 radical (unpaired) electrons. The van der Waals surface area contributed by atoms with Crippen LogP contribution in [0.1, 0.15) is 51.8 Å². The summed E-state index contributed by atoms with van der Waals surface area (Å²) in [5, 5.41) is 3.46. The van der Waals surface area contributed by atoms with Gasteiger partial charge in [0.1, 0.15) is 11.6 Å². The van der Waals surface area contributed by atoms with Crippen molar-refractivity contribution >= 4 is 22.8 Å². The third kappa shape index (κ3) is 6.21. The normalized spacial score (nSPS) is 22.8. The van der Waals surface area contributed by atoms with Crippen molar-refractivity contribution in [1.29, 1.82) is 0 Å². The van der Waals surface area contributed by atoms with Crippen molar-refractivity contribution < 1.29 is 18.3 Å². The molecule has 0 spiro atoms. The fraction of sp³-hybridized carbons (Fsp3) is 0.621. The zero-order chi connectivity index (χ0) is 28.2. The highest BCUT2D eigenvalue weighted by molar-refractivity contribution is 5.78. The molecule has 2 fully saturated rings. The first-order valence-corrected chi connectivity index (χ1v) is 14.3. The summed E-state index contributed by atoms with van der Waals surface area (Å²) in [6.07, 6.45) is 1.73. The topological polar surface area (TPSA) is 80.6 Å². The lowest BCUT2D eigenvalue weighted by atomic mass is 9.85. The highest BCUT2D eigenvalue weighted by Crippen LogP contribution is 2.31. The summed E-state index contributed by atoms with van der Waals surface area (Å²) in [7, 11) is 3.94. The number of likely N-dealkylation sites (N-methyl/N-ethyl adjacent to an activating group) is 1. The molecule has 5 rings (SSSR count). The molecular weight excluding hydrogens is 516 g/mol. The van der Waals surface area contributed by atoms with Crippen molar-refractivity contribution in [2.45, 2.75) is 64.1 Å². The molecule has 1 aliphatic carbocycles. The fourth-order valence-electron chi connectivity index (χ4n) is 5.97. The number of alkyl halides is 2. The first-order chi connectivity index (χ1) is 19.4. The van der Waals surface area contributed by atoms with Crippen LogP contribution in [0.2, 0.25) is 0 Å². The number of morpholine rings is 1. The molecule has 0 amide bonds.